The van der Waals surface area contributed by atoms with E-state index in [-0.39, 0.29) is 16.3 Å². The van der Waals surface area contributed by atoms with Gasteiger partial charge in [-0.25, -0.2) is 12.8 Å². The summed E-state index contributed by atoms with van der Waals surface area (Å²) in [6.45, 7) is 1.85. The highest BCUT2D eigenvalue weighted by molar-refractivity contribution is 7.90. The van der Waals surface area contributed by atoms with Crippen molar-refractivity contribution in [2.24, 2.45) is 0 Å². The summed E-state index contributed by atoms with van der Waals surface area (Å²) in [5, 5.41) is -0.701. The minimum Gasteiger partial charge on any atom is -0.344 e. The fourth-order valence-electron chi connectivity index (χ4n) is 2.45. The van der Waals surface area contributed by atoms with E-state index in [2.05, 4.69) is 0 Å². The number of benzene rings is 2. The van der Waals surface area contributed by atoms with Gasteiger partial charge in [-0.2, -0.15) is 0 Å². The number of carbonyl (C=O) groups excluding carboxylic acids is 1. The molecule has 0 aliphatic carbocycles. The second-order valence-electron chi connectivity index (χ2n) is 5.41. The number of halogens is 2. The smallest absolute Gasteiger partial charge is 0.252 e. The molecule has 128 valence electrons. The normalized spacial score (nSPS) is 11.4. The summed E-state index contributed by atoms with van der Waals surface area (Å²) >= 11 is 5.59. The van der Waals surface area contributed by atoms with E-state index in [1.54, 1.807) is 30.1 Å². The average Bonchev–Trinajstić information content (AvgIpc) is 2.52. The number of aryl methyl sites for hydroxylation is 1. The Morgan fingerprint density at radius 3 is 2.25 bits per heavy atom. The van der Waals surface area contributed by atoms with Crippen molar-refractivity contribution in [3.63, 3.8) is 0 Å². The Balaban J connectivity index is 2.71. The maximum absolute atomic E-state index is 13.1. The van der Waals surface area contributed by atoms with Crippen LogP contribution >= 0.6 is 11.6 Å². The van der Waals surface area contributed by atoms with Gasteiger partial charge in [0.15, 0.2) is 9.84 Å². The van der Waals surface area contributed by atoms with Gasteiger partial charge < -0.3 is 4.90 Å². The summed E-state index contributed by atoms with van der Waals surface area (Å²) < 4.78 is 37.5. The number of rotatable bonds is 5. The summed E-state index contributed by atoms with van der Waals surface area (Å²) in [6, 6.07) is 8.63. The molecule has 2 aromatic carbocycles. The summed E-state index contributed by atoms with van der Waals surface area (Å²) in [5.41, 5.74) is 1.85. The van der Waals surface area contributed by atoms with E-state index in [0.29, 0.717) is 23.4 Å². The molecule has 24 heavy (non-hydrogen) atoms. The average molecular weight is 370 g/mol. The van der Waals surface area contributed by atoms with Crippen molar-refractivity contribution in [2.75, 3.05) is 18.2 Å². The molecule has 0 saturated carbocycles. The second kappa shape index (κ2) is 6.91. The predicted octanol–water partition coefficient (Wildman–Crippen LogP) is 3.94. The molecular weight excluding hydrogens is 353 g/mol. The summed E-state index contributed by atoms with van der Waals surface area (Å²) in [6.07, 6.45) is 1.58. The number of anilines is 2. The monoisotopic (exact) mass is 369 g/mol. The highest BCUT2D eigenvalue weighted by Crippen LogP contribution is 2.33. The minimum absolute atomic E-state index is 0.00414. The molecular formula is C17H17ClFNO3S. The Morgan fingerprint density at radius 1 is 1.21 bits per heavy atom. The first kappa shape index (κ1) is 18.4. The SMILES string of the molecule is CCc1cc(N(C)c2ccc(F)cc2)c(S(C)(=O)=O)cc1C(=O)Cl. The number of hydrogen-bond donors (Lipinski definition) is 0. The first-order valence-corrected chi connectivity index (χ1v) is 9.48. The van der Waals surface area contributed by atoms with Crippen LogP contribution in [0.15, 0.2) is 41.3 Å². The van der Waals surface area contributed by atoms with Gasteiger partial charge in [0, 0.05) is 24.6 Å². The van der Waals surface area contributed by atoms with Crippen molar-refractivity contribution < 1.29 is 17.6 Å². The second-order valence-corrected chi connectivity index (χ2v) is 7.74. The molecule has 0 saturated heterocycles. The molecule has 0 aliphatic rings. The van der Waals surface area contributed by atoms with Crippen LogP contribution in [-0.2, 0) is 16.3 Å². The molecule has 0 radical (unpaired) electrons. The molecule has 7 heteroatoms. The van der Waals surface area contributed by atoms with E-state index in [0.717, 1.165) is 6.26 Å². The lowest BCUT2D eigenvalue weighted by Crippen LogP contribution is -2.15. The fourth-order valence-corrected chi connectivity index (χ4v) is 3.53. The van der Waals surface area contributed by atoms with Crippen molar-refractivity contribution in [2.45, 2.75) is 18.2 Å². The van der Waals surface area contributed by atoms with E-state index in [9.17, 15) is 17.6 Å². The zero-order valence-corrected chi connectivity index (χ0v) is 15.1. The Morgan fingerprint density at radius 2 is 1.79 bits per heavy atom. The molecule has 0 aromatic heterocycles. The van der Waals surface area contributed by atoms with Crippen molar-refractivity contribution in [1.82, 2.24) is 0 Å². The molecule has 0 aliphatic heterocycles. The van der Waals surface area contributed by atoms with Gasteiger partial charge in [0.2, 0.25) is 0 Å². The van der Waals surface area contributed by atoms with Crippen LogP contribution in [0.5, 0.6) is 0 Å². The van der Waals surface area contributed by atoms with E-state index >= 15 is 0 Å². The largest absolute Gasteiger partial charge is 0.344 e. The van der Waals surface area contributed by atoms with Crippen molar-refractivity contribution >= 4 is 38.1 Å². The Bertz CT molecular complexity index is 879. The van der Waals surface area contributed by atoms with Crippen molar-refractivity contribution in [3.8, 4) is 0 Å². The van der Waals surface area contributed by atoms with Crippen molar-refractivity contribution in [1.29, 1.82) is 0 Å². The maximum atomic E-state index is 13.1. The van der Waals surface area contributed by atoms with E-state index in [1.165, 1.54) is 18.2 Å². The molecule has 0 fully saturated rings. The van der Waals surface area contributed by atoms with E-state index < -0.39 is 15.1 Å². The Kier molecular flexibility index (Phi) is 5.30. The zero-order valence-electron chi connectivity index (χ0n) is 13.5. The van der Waals surface area contributed by atoms with Crippen LogP contribution < -0.4 is 4.90 Å². The number of sulfone groups is 1. The van der Waals surface area contributed by atoms with Gasteiger partial charge in [-0.05, 0) is 60.0 Å². The lowest BCUT2D eigenvalue weighted by Gasteiger charge is -2.23. The Labute approximate surface area is 145 Å². The number of carbonyl (C=O) groups is 1. The summed E-state index contributed by atoms with van der Waals surface area (Å²) in [4.78, 5) is 13.2. The third-order valence-corrected chi connectivity index (χ3v) is 5.08. The molecule has 2 aromatic rings. The van der Waals surface area contributed by atoms with Gasteiger partial charge in [-0.1, -0.05) is 6.92 Å². The van der Waals surface area contributed by atoms with Gasteiger partial charge in [-0.3, -0.25) is 4.79 Å². The molecule has 0 amide bonds. The van der Waals surface area contributed by atoms with Crippen molar-refractivity contribution in [3.05, 3.63) is 53.3 Å². The summed E-state index contributed by atoms with van der Waals surface area (Å²) in [7, 11) is -1.92. The maximum Gasteiger partial charge on any atom is 0.252 e. The van der Waals surface area contributed by atoms with Crippen LogP contribution in [0.25, 0.3) is 0 Å². The molecule has 0 atom stereocenters. The third kappa shape index (κ3) is 3.76. The molecule has 0 bridgehead atoms. The number of nitrogens with zero attached hydrogens (tertiary/aromatic N) is 1. The molecule has 0 N–H and O–H groups in total. The summed E-state index contributed by atoms with van der Waals surface area (Å²) in [5.74, 6) is -0.382. The first-order valence-electron chi connectivity index (χ1n) is 7.21. The fraction of sp³-hybridized carbons (Fsp3) is 0.235. The Hall–Kier alpha value is -1.92. The van der Waals surface area contributed by atoms with Gasteiger partial charge in [-0.15, -0.1) is 0 Å². The highest BCUT2D eigenvalue weighted by atomic mass is 35.5. The lowest BCUT2D eigenvalue weighted by molar-refractivity contribution is 0.108. The molecule has 2 rings (SSSR count). The van der Waals surface area contributed by atoms with Crippen LogP contribution in [0.2, 0.25) is 0 Å². The van der Waals surface area contributed by atoms with Gasteiger partial charge >= 0.3 is 0 Å². The van der Waals surface area contributed by atoms with Gasteiger partial charge in [0.1, 0.15) is 5.82 Å². The molecule has 0 spiro atoms. The van der Waals surface area contributed by atoms with Gasteiger partial charge in [0.05, 0.1) is 10.6 Å². The van der Waals surface area contributed by atoms with Crippen LogP contribution in [0.1, 0.15) is 22.8 Å². The topological polar surface area (TPSA) is 54.5 Å². The van der Waals surface area contributed by atoms with E-state index in [4.69, 9.17) is 11.6 Å². The van der Waals surface area contributed by atoms with Crippen LogP contribution in [-0.4, -0.2) is 27.0 Å². The minimum atomic E-state index is -3.60. The zero-order chi connectivity index (χ0) is 18.1. The first-order chi connectivity index (χ1) is 11.1. The van der Waals surface area contributed by atoms with Crippen LogP contribution in [0.3, 0.4) is 0 Å². The molecule has 0 unspecified atom stereocenters. The van der Waals surface area contributed by atoms with Crippen LogP contribution in [0, 0.1) is 5.82 Å². The quantitative estimate of drug-likeness (QED) is 0.749. The highest BCUT2D eigenvalue weighted by Gasteiger charge is 2.22. The lowest BCUT2D eigenvalue weighted by atomic mass is 10.0. The number of hydrogen-bond acceptors (Lipinski definition) is 4. The van der Waals surface area contributed by atoms with Gasteiger partial charge in [0.25, 0.3) is 5.24 Å². The van der Waals surface area contributed by atoms with E-state index in [1.807, 2.05) is 6.92 Å². The predicted molar refractivity (Wildman–Crippen MR) is 93.6 cm³/mol. The molecule has 0 heterocycles. The standard InChI is InChI=1S/C17H17ClFNO3S/c1-4-11-9-15(20(2)13-7-5-12(19)6-8-13)16(24(3,22)23)10-14(11)17(18)21/h5-10H,4H2,1-3H3. The van der Waals surface area contributed by atoms with Crippen LogP contribution in [0.4, 0.5) is 15.8 Å². The third-order valence-electron chi connectivity index (χ3n) is 3.75. The molecule has 4 nitrogen and oxygen atoms in total.